The van der Waals surface area contributed by atoms with Crippen LogP contribution in [-0.2, 0) is 4.43 Å². The molecule has 1 rings (SSSR count). The molecule has 1 saturated carbocycles. The Bertz CT molecular complexity index is 224. The largest absolute Gasteiger partial charge is 0.400 e. The summed E-state index contributed by atoms with van der Waals surface area (Å²) in [6.07, 6.45) is 3.49. The average molecular weight is 197 g/mol. The molecular weight excluding hydrogens is 178 g/mol. The highest BCUT2D eigenvalue weighted by molar-refractivity contribution is 6.69. The van der Waals surface area contributed by atoms with Crippen LogP contribution in [0.25, 0.3) is 0 Å². The summed E-state index contributed by atoms with van der Waals surface area (Å²) in [5.41, 5.74) is -0.522. The van der Waals surface area contributed by atoms with Gasteiger partial charge in [-0.1, -0.05) is 12.8 Å². The van der Waals surface area contributed by atoms with Gasteiger partial charge in [0.05, 0.1) is 6.07 Å². The second-order valence-electron chi connectivity index (χ2n) is 5.20. The molecule has 0 aromatic heterocycles. The van der Waals surface area contributed by atoms with E-state index in [1.807, 2.05) is 6.92 Å². The lowest BCUT2D eigenvalue weighted by atomic mass is 10.0. The molecule has 0 aromatic rings. The van der Waals surface area contributed by atoms with E-state index in [2.05, 4.69) is 25.7 Å². The minimum Gasteiger partial charge on any atom is -0.400 e. The molecule has 0 N–H and O–H groups in total. The van der Waals surface area contributed by atoms with E-state index in [1.54, 1.807) is 0 Å². The molecule has 3 heteroatoms. The Morgan fingerprint density at radius 3 is 2.31 bits per heavy atom. The first-order valence-electron chi connectivity index (χ1n) is 4.96. The molecule has 2 nitrogen and oxygen atoms in total. The zero-order valence-electron chi connectivity index (χ0n) is 9.05. The van der Waals surface area contributed by atoms with Gasteiger partial charge >= 0.3 is 0 Å². The van der Waals surface area contributed by atoms with Crippen LogP contribution in [0.4, 0.5) is 0 Å². The quantitative estimate of drug-likeness (QED) is 0.649. The van der Waals surface area contributed by atoms with E-state index in [0.29, 0.717) is 0 Å². The summed E-state index contributed by atoms with van der Waals surface area (Å²) in [6, 6.07) is 2.32. The van der Waals surface area contributed by atoms with Crippen LogP contribution in [0.5, 0.6) is 0 Å². The molecule has 74 valence electrons. The summed E-state index contributed by atoms with van der Waals surface area (Å²) >= 11 is 0. The van der Waals surface area contributed by atoms with Gasteiger partial charge in [0, 0.05) is 0 Å². The predicted molar refractivity (Wildman–Crippen MR) is 55.8 cm³/mol. The highest BCUT2D eigenvalue weighted by Crippen LogP contribution is 2.38. The van der Waals surface area contributed by atoms with E-state index in [9.17, 15) is 0 Å². The summed E-state index contributed by atoms with van der Waals surface area (Å²) < 4.78 is 5.90. The minimum atomic E-state index is -1.58. The molecular formula is C10H19NOSi. The summed E-state index contributed by atoms with van der Waals surface area (Å²) in [6.45, 7) is 8.34. The molecule has 0 radical (unpaired) electrons. The van der Waals surface area contributed by atoms with Crippen molar-refractivity contribution in [2.24, 2.45) is 5.92 Å². The van der Waals surface area contributed by atoms with Crippen molar-refractivity contribution in [3.8, 4) is 6.07 Å². The fourth-order valence-electron chi connectivity index (χ4n) is 1.66. The number of hydrogen-bond donors (Lipinski definition) is 0. The average Bonchev–Trinajstić information content (AvgIpc) is 2.67. The van der Waals surface area contributed by atoms with Crippen LogP contribution in [0.1, 0.15) is 26.2 Å². The lowest BCUT2D eigenvalue weighted by molar-refractivity contribution is 0.123. The van der Waals surface area contributed by atoms with Crippen LogP contribution in [-0.4, -0.2) is 13.9 Å². The highest BCUT2D eigenvalue weighted by Gasteiger charge is 2.37. The molecule has 0 heterocycles. The van der Waals surface area contributed by atoms with E-state index >= 15 is 0 Å². The van der Waals surface area contributed by atoms with Crippen LogP contribution in [0.3, 0.4) is 0 Å². The molecule has 1 aliphatic rings. The van der Waals surface area contributed by atoms with Gasteiger partial charge in [-0.3, -0.25) is 0 Å². The normalized spacial score (nSPS) is 22.1. The first-order chi connectivity index (χ1) is 5.85. The van der Waals surface area contributed by atoms with Gasteiger partial charge in [-0.25, -0.2) is 0 Å². The van der Waals surface area contributed by atoms with Crippen molar-refractivity contribution in [3.05, 3.63) is 0 Å². The van der Waals surface area contributed by atoms with Crippen molar-refractivity contribution in [2.45, 2.75) is 51.4 Å². The number of nitrogens with zero attached hydrogens (tertiary/aromatic N) is 1. The Balaban J connectivity index is 2.53. The fourth-order valence-corrected chi connectivity index (χ4v) is 3.14. The van der Waals surface area contributed by atoms with E-state index in [-0.39, 0.29) is 0 Å². The maximum absolute atomic E-state index is 9.07. The standard InChI is InChI=1S/C10H19NOSi/c1-10(8-11,7-9-5-6-9)12-13(2,3)4/h9H,5-7H2,1-4H3. The summed E-state index contributed by atoms with van der Waals surface area (Å²) in [4.78, 5) is 0. The molecule has 0 amide bonds. The third-order valence-electron chi connectivity index (χ3n) is 2.14. The zero-order chi connectivity index (χ0) is 10.1. The van der Waals surface area contributed by atoms with Crippen LogP contribution >= 0.6 is 0 Å². The number of rotatable bonds is 4. The van der Waals surface area contributed by atoms with E-state index in [0.717, 1.165) is 12.3 Å². The van der Waals surface area contributed by atoms with Crippen LogP contribution in [0, 0.1) is 17.2 Å². The zero-order valence-corrected chi connectivity index (χ0v) is 10.1. The minimum absolute atomic E-state index is 0.522. The molecule has 0 aliphatic heterocycles. The maximum Gasteiger partial charge on any atom is 0.185 e. The lowest BCUT2D eigenvalue weighted by Crippen LogP contribution is -2.39. The highest BCUT2D eigenvalue weighted by atomic mass is 28.4. The Labute approximate surface area is 82.0 Å². The third-order valence-corrected chi connectivity index (χ3v) is 3.21. The van der Waals surface area contributed by atoms with Gasteiger partial charge in [0.25, 0.3) is 0 Å². The van der Waals surface area contributed by atoms with Crippen LogP contribution in [0.15, 0.2) is 0 Å². The van der Waals surface area contributed by atoms with Gasteiger partial charge < -0.3 is 4.43 Å². The van der Waals surface area contributed by atoms with Crippen molar-refractivity contribution in [3.63, 3.8) is 0 Å². The van der Waals surface area contributed by atoms with Crippen molar-refractivity contribution in [1.82, 2.24) is 0 Å². The molecule has 0 spiro atoms. The summed E-state index contributed by atoms with van der Waals surface area (Å²) in [5.74, 6) is 0.751. The Morgan fingerprint density at radius 2 is 2.00 bits per heavy atom. The number of hydrogen-bond acceptors (Lipinski definition) is 2. The Hall–Kier alpha value is -0.333. The molecule has 0 aromatic carbocycles. The summed E-state index contributed by atoms with van der Waals surface area (Å²) in [5, 5.41) is 9.07. The smallest absolute Gasteiger partial charge is 0.185 e. The lowest BCUT2D eigenvalue weighted by Gasteiger charge is -2.30. The molecule has 0 bridgehead atoms. The molecule has 1 unspecified atom stereocenters. The van der Waals surface area contributed by atoms with Crippen molar-refractivity contribution in [1.29, 1.82) is 5.26 Å². The summed E-state index contributed by atoms with van der Waals surface area (Å²) in [7, 11) is -1.58. The van der Waals surface area contributed by atoms with Gasteiger partial charge in [0.15, 0.2) is 8.32 Å². The van der Waals surface area contributed by atoms with Crippen molar-refractivity contribution < 1.29 is 4.43 Å². The first-order valence-corrected chi connectivity index (χ1v) is 8.37. The molecule has 1 aliphatic carbocycles. The molecule has 0 saturated heterocycles. The molecule has 1 fully saturated rings. The van der Waals surface area contributed by atoms with E-state index in [4.69, 9.17) is 9.69 Å². The van der Waals surface area contributed by atoms with Crippen LogP contribution in [0.2, 0.25) is 19.6 Å². The van der Waals surface area contributed by atoms with Gasteiger partial charge in [0.2, 0.25) is 0 Å². The number of nitriles is 1. The van der Waals surface area contributed by atoms with Crippen molar-refractivity contribution >= 4 is 8.32 Å². The third kappa shape index (κ3) is 3.92. The topological polar surface area (TPSA) is 33.0 Å². The van der Waals surface area contributed by atoms with Gasteiger partial charge in [-0.2, -0.15) is 5.26 Å². The van der Waals surface area contributed by atoms with Crippen LogP contribution < -0.4 is 0 Å². The van der Waals surface area contributed by atoms with E-state index < -0.39 is 13.9 Å². The molecule has 13 heavy (non-hydrogen) atoms. The second-order valence-corrected chi connectivity index (χ2v) is 9.63. The van der Waals surface area contributed by atoms with E-state index in [1.165, 1.54) is 12.8 Å². The van der Waals surface area contributed by atoms with Gasteiger partial charge in [0.1, 0.15) is 5.60 Å². The van der Waals surface area contributed by atoms with Gasteiger partial charge in [-0.15, -0.1) is 0 Å². The Morgan fingerprint density at radius 1 is 1.46 bits per heavy atom. The first kappa shape index (κ1) is 10.7. The predicted octanol–water partition coefficient (Wildman–Crippen LogP) is 2.92. The fraction of sp³-hybridized carbons (Fsp3) is 0.900. The maximum atomic E-state index is 9.07. The monoisotopic (exact) mass is 197 g/mol. The Kier molecular flexibility index (Phi) is 2.84. The SMILES string of the molecule is CC(C#N)(CC1CC1)O[Si](C)(C)C. The molecule has 1 atom stereocenters. The van der Waals surface area contributed by atoms with Gasteiger partial charge in [-0.05, 0) is 38.9 Å². The van der Waals surface area contributed by atoms with Crippen molar-refractivity contribution in [2.75, 3.05) is 0 Å². The second kappa shape index (κ2) is 3.43.